The van der Waals surface area contributed by atoms with E-state index in [0.717, 1.165) is 18.2 Å². The number of aromatic nitrogens is 3. The van der Waals surface area contributed by atoms with Crippen molar-refractivity contribution < 1.29 is 113 Å². The molecule has 0 amide bonds. The van der Waals surface area contributed by atoms with Crippen LogP contribution in [0.4, 0.5) is 69.7 Å². The van der Waals surface area contributed by atoms with Gasteiger partial charge in [0.25, 0.3) is 0 Å². The Morgan fingerprint density at radius 3 is 0.897 bits per heavy atom. The Hall–Kier alpha value is -7.85. The lowest BCUT2D eigenvalue weighted by Crippen LogP contribution is -2.30. The summed E-state index contributed by atoms with van der Waals surface area (Å²) >= 11 is 0.250. The number of carbonyl (C=O) groups excluding carboxylic acids is 3. The van der Waals surface area contributed by atoms with Gasteiger partial charge in [-0.05, 0) is 131 Å². The predicted octanol–water partition coefficient (Wildman–Crippen LogP) is 15.8. The Morgan fingerprint density at radius 2 is 0.690 bits per heavy atom. The molecular weight excluding hydrogens is 1220 g/mol. The number of halogens is 16. The summed E-state index contributed by atoms with van der Waals surface area (Å²) in [4.78, 5) is 48.2. The molecule has 29 heteroatoms. The number of hydrogen-bond donors (Lipinski definition) is 0. The molecule has 3 aromatic heterocycles. The first-order valence-corrected chi connectivity index (χ1v) is 27.4. The van der Waals surface area contributed by atoms with E-state index in [0.29, 0.717) is 34.9 Å². The molecule has 0 bridgehead atoms. The van der Waals surface area contributed by atoms with Crippen molar-refractivity contribution in [1.82, 2.24) is 15.0 Å². The van der Waals surface area contributed by atoms with E-state index < -0.39 is 109 Å². The maximum Gasteiger partial charge on any atom is 0.392 e. The maximum atomic E-state index is 14.3. The molecule has 0 fully saturated rings. The Labute approximate surface area is 490 Å². The molecule has 6 aromatic rings. The van der Waals surface area contributed by atoms with Crippen molar-refractivity contribution in [2.24, 2.45) is 0 Å². The lowest BCUT2D eigenvalue weighted by Gasteiger charge is -2.28. The number of nitrogens with zero attached hydrogens (tertiary/aromatic N) is 3. The second-order valence-corrected chi connectivity index (χ2v) is 19.3. The van der Waals surface area contributed by atoms with Crippen molar-refractivity contribution in [3.8, 4) is 51.0 Å². The second kappa shape index (κ2) is 29.7. The van der Waals surface area contributed by atoms with Gasteiger partial charge in [0.2, 0.25) is 17.6 Å². The van der Waals surface area contributed by atoms with E-state index in [1.807, 2.05) is 0 Å². The van der Waals surface area contributed by atoms with Crippen LogP contribution in [0, 0.1) is 34.9 Å². The summed E-state index contributed by atoms with van der Waals surface area (Å²) in [5.74, 6) is -7.97. The summed E-state index contributed by atoms with van der Waals surface area (Å²) in [5.41, 5.74) is 0.968. The summed E-state index contributed by atoms with van der Waals surface area (Å²) in [6, 6.07) is 12.6. The van der Waals surface area contributed by atoms with Crippen molar-refractivity contribution in [3.63, 3.8) is 0 Å². The molecule has 0 radical (unpaired) electrons. The van der Waals surface area contributed by atoms with Gasteiger partial charge in [-0.25, -0.2) is 55.7 Å². The fourth-order valence-corrected chi connectivity index (χ4v) is 9.21. The van der Waals surface area contributed by atoms with Gasteiger partial charge >= 0.3 is 36.4 Å². The van der Waals surface area contributed by atoms with Crippen LogP contribution < -0.4 is 14.2 Å². The van der Waals surface area contributed by atoms with Gasteiger partial charge in [-0.1, -0.05) is 0 Å². The van der Waals surface area contributed by atoms with Crippen molar-refractivity contribution in [1.29, 1.82) is 0 Å². The number of ether oxygens (including phenoxy) is 6. The van der Waals surface area contributed by atoms with Gasteiger partial charge in [0.15, 0.2) is 17.1 Å². The fourth-order valence-electron chi connectivity index (χ4n) is 9.21. The monoisotopic (exact) mass is 1270 g/mol. The predicted molar refractivity (Wildman–Crippen MR) is 281 cm³/mol. The quantitative estimate of drug-likeness (QED) is 0.0651. The maximum absolute atomic E-state index is 14.3. The Morgan fingerprint density at radius 1 is 0.448 bits per heavy atom. The van der Waals surface area contributed by atoms with E-state index in [4.69, 9.17) is 28.4 Å². The van der Waals surface area contributed by atoms with Crippen LogP contribution in [-0.2, 0) is 33.5 Å². The van der Waals surface area contributed by atoms with Gasteiger partial charge in [0, 0.05) is 70.0 Å². The third-order valence-electron chi connectivity index (χ3n) is 12.7. The highest BCUT2D eigenvalue weighted by atomic mass is 32.2. The fraction of sp³-hybridized carbons (Fsp3) is 0.379. The zero-order valence-corrected chi connectivity index (χ0v) is 46.9. The van der Waals surface area contributed by atoms with Crippen LogP contribution >= 0.6 is 12.1 Å². The molecule has 0 saturated heterocycles. The molecule has 3 aromatic carbocycles. The molecule has 3 aliphatic rings. The van der Waals surface area contributed by atoms with Crippen LogP contribution in [0.2, 0.25) is 0 Å². The van der Waals surface area contributed by atoms with Crippen LogP contribution in [0.1, 0.15) is 107 Å². The van der Waals surface area contributed by atoms with E-state index in [1.165, 1.54) is 42.7 Å². The highest BCUT2D eigenvalue weighted by Crippen LogP contribution is 2.42. The average Bonchev–Trinajstić information content (AvgIpc) is 1.35. The first-order valence-electron chi connectivity index (χ1n) is 26.3. The van der Waals surface area contributed by atoms with Gasteiger partial charge in [-0.3, -0.25) is 0 Å². The van der Waals surface area contributed by atoms with Gasteiger partial charge < -0.3 is 28.4 Å². The molecule has 470 valence electrons. The van der Waals surface area contributed by atoms with Crippen molar-refractivity contribution in [3.05, 3.63) is 141 Å². The number of fused-ring (bicyclic) bond motifs is 3. The molecule has 6 heterocycles. The van der Waals surface area contributed by atoms with Crippen LogP contribution in [0.5, 0.6) is 17.6 Å². The summed E-state index contributed by atoms with van der Waals surface area (Å²) in [7, 11) is 0. The van der Waals surface area contributed by atoms with Gasteiger partial charge in [0.1, 0.15) is 53.2 Å². The first kappa shape index (κ1) is 68.3. The van der Waals surface area contributed by atoms with Crippen LogP contribution in [0.25, 0.3) is 33.4 Å². The second-order valence-electron chi connectivity index (χ2n) is 19.0. The minimum absolute atomic E-state index is 0.0107. The van der Waals surface area contributed by atoms with E-state index in [2.05, 4.69) is 15.0 Å². The molecule has 0 N–H and O–H groups in total. The zero-order valence-electron chi connectivity index (χ0n) is 46.1. The Balaban J connectivity index is 0.000000204. The molecular formula is C58H51F16N3O9S. The number of carbonyl (C=O) groups is 3. The lowest BCUT2D eigenvalue weighted by molar-refractivity contribution is -0.153. The minimum atomic E-state index is -4.42. The number of rotatable bonds is 12. The molecule has 3 aliphatic heterocycles. The third kappa shape index (κ3) is 19.1. The zero-order chi connectivity index (χ0) is 64.1. The normalized spacial score (nSPS) is 15.9. The Kier molecular flexibility index (Phi) is 23.3. The number of hydrogen-bond acceptors (Lipinski definition) is 13. The minimum Gasteiger partial charge on any atom is -0.474 e. The summed E-state index contributed by atoms with van der Waals surface area (Å²) in [6.45, 7) is 4.88. The Bertz CT molecular complexity index is 3070. The van der Waals surface area contributed by atoms with Crippen molar-refractivity contribution in [2.75, 3.05) is 26.1 Å². The SMILES string of the molecule is CCOC(=O)c1cc(-c2ccc(F)cc2F)c2c(n1)OC(CC(F)(F)F)CC2.CCOC(=O)c1cc(-c2ccc(F)cc2F)c2c(n1)O[C@@H](CC(F)(F)F)CC2.CCOC(=O)c1cc(-c2ccc(F)cc2F)c2c(n1)O[C@H](CC(F)(F)F)CC2.CSF. The summed E-state index contributed by atoms with van der Waals surface area (Å²) in [6.07, 6.45) is -18.3. The van der Waals surface area contributed by atoms with Crippen LogP contribution in [-0.4, -0.2) is 95.8 Å². The highest BCUT2D eigenvalue weighted by Gasteiger charge is 2.39. The van der Waals surface area contributed by atoms with Gasteiger partial charge in [-0.2, -0.15) is 43.4 Å². The lowest BCUT2D eigenvalue weighted by atomic mass is 9.93. The molecule has 0 saturated carbocycles. The van der Waals surface area contributed by atoms with E-state index in [-0.39, 0.29) is 139 Å². The molecule has 1 unspecified atom stereocenters. The molecule has 0 aliphatic carbocycles. The number of pyridine rings is 3. The van der Waals surface area contributed by atoms with Crippen LogP contribution in [0.3, 0.4) is 0 Å². The molecule has 0 spiro atoms. The third-order valence-corrected chi connectivity index (χ3v) is 12.7. The summed E-state index contributed by atoms with van der Waals surface area (Å²) < 4.78 is 238. The number of benzene rings is 3. The van der Waals surface area contributed by atoms with Gasteiger partial charge in [-0.15, -0.1) is 0 Å². The van der Waals surface area contributed by atoms with Crippen molar-refractivity contribution >= 4 is 30.1 Å². The molecule has 12 nitrogen and oxygen atoms in total. The molecule has 9 rings (SSSR count). The number of esters is 3. The van der Waals surface area contributed by atoms with E-state index in [9.17, 15) is 84.1 Å². The first-order chi connectivity index (χ1) is 40.9. The van der Waals surface area contributed by atoms with Crippen LogP contribution in [0.15, 0.2) is 72.8 Å². The molecule has 3 atom stereocenters. The molecule has 87 heavy (non-hydrogen) atoms. The average molecular weight is 1270 g/mol. The largest absolute Gasteiger partial charge is 0.474 e. The van der Waals surface area contributed by atoms with E-state index >= 15 is 0 Å². The highest BCUT2D eigenvalue weighted by molar-refractivity contribution is 7.93. The van der Waals surface area contributed by atoms with Gasteiger partial charge in [0.05, 0.1) is 39.1 Å². The number of alkyl halides is 9. The smallest absolute Gasteiger partial charge is 0.392 e. The van der Waals surface area contributed by atoms with E-state index in [1.54, 1.807) is 20.8 Å². The summed E-state index contributed by atoms with van der Waals surface area (Å²) in [5, 5.41) is 0. The standard InChI is InChI=1S/3C19H16F5NO3.CH3FS/c3*1-2-27-18(26)16-8-14(12-5-3-10(20)7-15(12)21)13-6-4-11(9-19(22,23)24)28-17(13)25-16;1-3-2/h3*3,5,7-8,11H,2,4,6,9H2,1H3;1H3/t2*11-;;/m10../s1. The topological polar surface area (TPSA) is 145 Å². The van der Waals surface area contributed by atoms with Crippen molar-refractivity contribution in [2.45, 2.75) is 115 Å².